The molecule has 1 aromatic heterocycles. The Balaban J connectivity index is 2.00. The van der Waals surface area contributed by atoms with Gasteiger partial charge in [0.25, 0.3) is 0 Å². The molecule has 0 aliphatic heterocycles. The van der Waals surface area contributed by atoms with E-state index in [1.54, 1.807) is 18.2 Å². The number of aromatic nitrogens is 3. The number of rotatable bonds is 4. The molecule has 0 fully saturated rings. The molecule has 0 radical (unpaired) electrons. The number of halogens is 1. The summed E-state index contributed by atoms with van der Waals surface area (Å²) >= 11 is 1.38. The van der Waals surface area contributed by atoms with E-state index in [4.69, 9.17) is 5.73 Å². The molecular weight excluding hydrogens is 239 g/mol. The number of benzene rings is 1. The quantitative estimate of drug-likeness (QED) is 0.819. The van der Waals surface area contributed by atoms with Gasteiger partial charge >= 0.3 is 0 Å². The Morgan fingerprint density at radius 2 is 2.24 bits per heavy atom. The molecule has 4 nitrogen and oxygen atoms in total. The van der Waals surface area contributed by atoms with E-state index >= 15 is 0 Å². The molecule has 90 valence electrons. The molecule has 0 saturated carbocycles. The first-order chi connectivity index (χ1) is 8.16. The third kappa shape index (κ3) is 3.04. The number of hydrogen-bond donors (Lipinski definition) is 2. The highest BCUT2D eigenvalue weighted by molar-refractivity contribution is 7.98. The van der Waals surface area contributed by atoms with Gasteiger partial charge < -0.3 is 5.73 Å². The van der Waals surface area contributed by atoms with Crippen LogP contribution < -0.4 is 5.73 Å². The van der Waals surface area contributed by atoms with Crippen LogP contribution in [0.5, 0.6) is 0 Å². The van der Waals surface area contributed by atoms with Crippen molar-refractivity contribution >= 4 is 11.8 Å². The van der Waals surface area contributed by atoms with Gasteiger partial charge in [0.05, 0.1) is 11.8 Å². The van der Waals surface area contributed by atoms with Crippen molar-refractivity contribution in [2.24, 2.45) is 5.73 Å². The van der Waals surface area contributed by atoms with Crippen molar-refractivity contribution in [1.29, 1.82) is 0 Å². The molecule has 2 rings (SSSR count). The maximum atomic E-state index is 13.3. The lowest BCUT2D eigenvalue weighted by Crippen LogP contribution is -2.06. The average molecular weight is 252 g/mol. The number of aromatic amines is 1. The minimum absolute atomic E-state index is 0.196. The number of nitrogens with two attached hydrogens (primary N) is 1. The second-order valence-corrected chi connectivity index (χ2v) is 4.67. The molecule has 3 N–H and O–H groups in total. The first kappa shape index (κ1) is 12.1. The molecule has 6 heteroatoms. The van der Waals surface area contributed by atoms with Crippen LogP contribution in [0.1, 0.15) is 24.6 Å². The number of nitrogens with one attached hydrogen (secondary N) is 1. The maximum absolute atomic E-state index is 13.3. The molecule has 1 atom stereocenters. The normalized spacial score (nSPS) is 12.6. The number of nitrogens with zero attached hydrogens (tertiary/aromatic N) is 2. The van der Waals surface area contributed by atoms with Gasteiger partial charge in [-0.1, -0.05) is 12.1 Å². The van der Waals surface area contributed by atoms with Crippen LogP contribution in [0, 0.1) is 5.82 Å². The van der Waals surface area contributed by atoms with E-state index in [2.05, 4.69) is 15.2 Å². The zero-order valence-electron chi connectivity index (χ0n) is 9.35. The molecule has 1 aromatic carbocycles. The van der Waals surface area contributed by atoms with E-state index < -0.39 is 0 Å². The SMILES string of the molecule is CC(N)c1n[nH]c(CSc2ccccc2F)n1. The average Bonchev–Trinajstić information content (AvgIpc) is 2.77. The topological polar surface area (TPSA) is 67.6 Å². The van der Waals surface area contributed by atoms with Gasteiger partial charge in [0.15, 0.2) is 5.82 Å². The molecule has 0 spiro atoms. The minimum Gasteiger partial charge on any atom is -0.321 e. The zero-order valence-corrected chi connectivity index (χ0v) is 10.2. The van der Waals surface area contributed by atoms with Gasteiger partial charge in [0.2, 0.25) is 0 Å². The van der Waals surface area contributed by atoms with Gasteiger partial charge in [-0.2, -0.15) is 5.10 Å². The van der Waals surface area contributed by atoms with E-state index in [1.165, 1.54) is 17.8 Å². The second kappa shape index (κ2) is 5.29. The summed E-state index contributed by atoms with van der Waals surface area (Å²) in [6, 6.07) is 6.46. The summed E-state index contributed by atoms with van der Waals surface area (Å²) in [6.07, 6.45) is 0. The van der Waals surface area contributed by atoms with Gasteiger partial charge in [-0.05, 0) is 19.1 Å². The van der Waals surface area contributed by atoms with Crippen LogP contribution in [0.25, 0.3) is 0 Å². The van der Waals surface area contributed by atoms with Gasteiger partial charge in [-0.25, -0.2) is 9.37 Å². The van der Waals surface area contributed by atoms with Crippen LogP contribution in [0.15, 0.2) is 29.2 Å². The van der Waals surface area contributed by atoms with Crippen LogP contribution in [0.4, 0.5) is 4.39 Å². The highest BCUT2D eigenvalue weighted by Gasteiger charge is 2.08. The van der Waals surface area contributed by atoms with Crippen LogP contribution in [-0.4, -0.2) is 15.2 Å². The van der Waals surface area contributed by atoms with Gasteiger partial charge in [-0.15, -0.1) is 11.8 Å². The van der Waals surface area contributed by atoms with Gasteiger partial charge in [-0.3, -0.25) is 5.10 Å². The smallest absolute Gasteiger partial charge is 0.167 e. The van der Waals surface area contributed by atoms with E-state index in [1.807, 2.05) is 6.92 Å². The summed E-state index contributed by atoms with van der Waals surface area (Å²) in [5.74, 6) is 1.60. The summed E-state index contributed by atoms with van der Waals surface area (Å²) in [6.45, 7) is 1.82. The Hall–Kier alpha value is -1.40. The van der Waals surface area contributed by atoms with E-state index in [9.17, 15) is 4.39 Å². The molecule has 0 saturated heterocycles. The van der Waals surface area contributed by atoms with Crippen LogP contribution in [0.2, 0.25) is 0 Å². The number of H-pyrrole nitrogens is 1. The Morgan fingerprint density at radius 3 is 2.88 bits per heavy atom. The lowest BCUT2D eigenvalue weighted by Gasteiger charge is -2.00. The van der Waals surface area contributed by atoms with E-state index in [-0.39, 0.29) is 11.9 Å². The summed E-state index contributed by atoms with van der Waals surface area (Å²) in [4.78, 5) is 4.82. The third-order valence-corrected chi connectivity index (χ3v) is 3.22. The standard InChI is InChI=1S/C11H13FN4S/c1-7(13)11-14-10(15-16-11)6-17-9-5-3-2-4-8(9)12/h2-5,7H,6,13H2,1H3,(H,14,15,16). The fourth-order valence-corrected chi connectivity index (χ4v) is 2.09. The van der Waals surface area contributed by atoms with Crippen molar-refractivity contribution in [2.75, 3.05) is 0 Å². The lowest BCUT2D eigenvalue weighted by molar-refractivity contribution is 0.602. The first-order valence-electron chi connectivity index (χ1n) is 5.21. The Labute approximate surface area is 103 Å². The first-order valence-corrected chi connectivity index (χ1v) is 6.19. The lowest BCUT2D eigenvalue weighted by atomic mass is 10.3. The summed E-state index contributed by atoms with van der Waals surface area (Å²) in [5, 5.41) is 6.77. The molecule has 0 aliphatic carbocycles. The maximum Gasteiger partial charge on any atom is 0.167 e. The molecular formula is C11H13FN4S. The van der Waals surface area contributed by atoms with Crippen molar-refractivity contribution < 1.29 is 4.39 Å². The fourth-order valence-electron chi connectivity index (χ4n) is 1.29. The molecule has 0 aliphatic rings. The van der Waals surface area contributed by atoms with Crippen LogP contribution in [-0.2, 0) is 5.75 Å². The molecule has 1 unspecified atom stereocenters. The van der Waals surface area contributed by atoms with Gasteiger partial charge in [0.1, 0.15) is 11.6 Å². The number of hydrogen-bond acceptors (Lipinski definition) is 4. The highest BCUT2D eigenvalue weighted by atomic mass is 32.2. The van der Waals surface area contributed by atoms with Crippen molar-refractivity contribution in [3.63, 3.8) is 0 Å². The van der Waals surface area contributed by atoms with Crippen molar-refractivity contribution in [3.05, 3.63) is 41.7 Å². The summed E-state index contributed by atoms with van der Waals surface area (Å²) in [7, 11) is 0. The Bertz CT molecular complexity index is 498. The number of thioether (sulfide) groups is 1. The fraction of sp³-hybridized carbons (Fsp3) is 0.273. The van der Waals surface area contributed by atoms with Crippen molar-refractivity contribution in [1.82, 2.24) is 15.2 Å². The van der Waals surface area contributed by atoms with E-state index in [0.717, 1.165) is 0 Å². The Morgan fingerprint density at radius 1 is 1.47 bits per heavy atom. The Kier molecular flexibility index (Phi) is 3.75. The third-order valence-electron chi connectivity index (χ3n) is 2.16. The summed E-state index contributed by atoms with van der Waals surface area (Å²) in [5.41, 5.74) is 5.65. The predicted octanol–water partition coefficient (Wildman–Crippen LogP) is 2.26. The molecule has 1 heterocycles. The molecule has 17 heavy (non-hydrogen) atoms. The van der Waals surface area contributed by atoms with E-state index in [0.29, 0.717) is 22.3 Å². The van der Waals surface area contributed by atoms with Crippen molar-refractivity contribution in [2.45, 2.75) is 23.6 Å². The monoisotopic (exact) mass is 252 g/mol. The minimum atomic E-state index is -0.218. The summed E-state index contributed by atoms with van der Waals surface area (Å²) < 4.78 is 13.3. The predicted molar refractivity (Wildman–Crippen MR) is 64.9 cm³/mol. The zero-order chi connectivity index (χ0) is 12.3. The van der Waals surface area contributed by atoms with Crippen LogP contribution >= 0.6 is 11.8 Å². The highest BCUT2D eigenvalue weighted by Crippen LogP contribution is 2.24. The van der Waals surface area contributed by atoms with Gasteiger partial charge in [0, 0.05) is 4.90 Å². The molecule has 2 aromatic rings. The van der Waals surface area contributed by atoms with Crippen molar-refractivity contribution in [3.8, 4) is 0 Å². The largest absolute Gasteiger partial charge is 0.321 e. The second-order valence-electron chi connectivity index (χ2n) is 3.65. The van der Waals surface area contributed by atoms with Crippen LogP contribution in [0.3, 0.4) is 0 Å². The molecule has 0 amide bonds. The molecule has 0 bridgehead atoms.